The molecule has 0 unspecified atom stereocenters. The lowest BCUT2D eigenvalue weighted by atomic mass is 9.93. The Morgan fingerprint density at radius 3 is 2.50 bits per heavy atom. The normalized spacial score (nSPS) is 16.6. The average molecular weight is 189 g/mol. The smallest absolute Gasteiger partial charge is 0.0210 e. The monoisotopic (exact) mass is 189 g/mol. The topological polar surface area (TPSA) is 12.0 Å². The van der Waals surface area contributed by atoms with Crippen LogP contribution in [0.15, 0.2) is 24.3 Å². The standard InChI is InChI=1S/C13H19N/c1-2-11-6-3-4-7-12(11)10-14-13-8-5-9-13/h3-4,6-7,13-14H,2,5,8-10H2,1H3. The molecule has 0 spiro atoms. The van der Waals surface area contributed by atoms with E-state index in [1.807, 2.05) is 0 Å². The number of nitrogens with one attached hydrogen (secondary N) is 1. The summed E-state index contributed by atoms with van der Waals surface area (Å²) in [6, 6.07) is 9.53. The molecule has 0 radical (unpaired) electrons. The molecule has 1 nitrogen and oxygen atoms in total. The second-order valence-electron chi connectivity index (χ2n) is 4.13. The molecule has 1 aliphatic rings. The quantitative estimate of drug-likeness (QED) is 0.768. The van der Waals surface area contributed by atoms with E-state index in [0.717, 1.165) is 19.0 Å². The van der Waals surface area contributed by atoms with E-state index in [4.69, 9.17) is 0 Å². The molecule has 2 rings (SSSR count). The van der Waals surface area contributed by atoms with Gasteiger partial charge in [-0.2, -0.15) is 0 Å². The van der Waals surface area contributed by atoms with Gasteiger partial charge in [-0.3, -0.25) is 0 Å². The third kappa shape index (κ3) is 2.16. The summed E-state index contributed by atoms with van der Waals surface area (Å²) < 4.78 is 0. The summed E-state index contributed by atoms with van der Waals surface area (Å²) in [5.74, 6) is 0. The van der Waals surface area contributed by atoms with Crippen LogP contribution in [-0.2, 0) is 13.0 Å². The van der Waals surface area contributed by atoms with E-state index in [0.29, 0.717) is 0 Å². The van der Waals surface area contributed by atoms with Gasteiger partial charge in [0.2, 0.25) is 0 Å². The van der Waals surface area contributed by atoms with E-state index >= 15 is 0 Å². The van der Waals surface area contributed by atoms with Crippen LogP contribution < -0.4 is 5.32 Å². The van der Waals surface area contributed by atoms with E-state index < -0.39 is 0 Å². The molecule has 0 aromatic heterocycles. The largest absolute Gasteiger partial charge is 0.310 e. The lowest BCUT2D eigenvalue weighted by molar-refractivity contribution is 0.338. The van der Waals surface area contributed by atoms with Gasteiger partial charge in [0, 0.05) is 12.6 Å². The molecule has 1 aromatic rings. The molecule has 0 aliphatic heterocycles. The SMILES string of the molecule is CCc1ccccc1CNC1CCC1. The zero-order chi connectivity index (χ0) is 9.80. The third-order valence-electron chi connectivity index (χ3n) is 3.19. The van der Waals surface area contributed by atoms with Gasteiger partial charge in [0.25, 0.3) is 0 Å². The molecule has 0 saturated heterocycles. The van der Waals surface area contributed by atoms with Crippen LogP contribution >= 0.6 is 0 Å². The molecule has 1 aromatic carbocycles. The van der Waals surface area contributed by atoms with Crippen LogP contribution in [0.25, 0.3) is 0 Å². The second kappa shape index (κ2) is 4.61. The van der Waals surface area contributed by atoms with Gasteiger partial charge >= 0.3 is 0 Å². The van der Waals surface area contributed by atoms with Gasteiger partial charge in [-0.1, -0.05) is 37.6 Å². The number of hydrogen-bond acceptors (Lipinski definition) is 1. The highest BCUT2D eigenvalue weighted by Crippen LogP contribution is 2.19. The van der Waals surface area contributed by atoms with Crippen molar-refractivity contribution in [2.45, 2.75) is 45.2 Å². The van der Waals surface area contributed by atoms with Crippen molar-refractivity contribution in [3.05, 3.63) is 35.4 Å². The molecular weight excluding hydrogens is 170 g/mol. The molecule has 1 heteroatoms. The maximum Gasteiger partial charge on any atom is 0.0210 e. The summed E-state index contributed by atoms with van der Waals surface area (Å²) in [7, 11) is 0. The summed E-state index contributed by atoms with van der Waals surface area (Å²) >= 11 is 0. The van der Waals surface area contributed by atoms with Crippen LogP contribution in [0.2, 0.25) is 0 Å². The van der Waals surface area contributed by atoms with Crippen LogP contribution in [0.5, 0.6) is 0 Å². The Kier molecular flexibility index (Phi) is 3.20. The van der Waals surface area contributed by atoms with Crippen LogP contribution in [0, 0.1) is 0 Å². The molecule has 14 heavy (non-hydrogen) atoms. The minimum Gasteiger partial charge on any atom is -0.310 e. The van der Waals surface area contributed by atoms with Crippen LogP contribution in [-0.4, -0.2) is 6.04 Å². The Morgan fingerprint density at radius 2 is 1.93 bits per heavy atom. The van der Waals surface area contributed by atoms with Gasteiger partial charge in [0.1, 0.15) is 0 Å². The van der Waals surface area contributed by atoms with Crippen molar-refractivity contribution in [2.75, 3.05) is 0 Å². The van der Waals surface area contributed by atoms with E-state index in [9.17, 15) is 0 Å². The fourth-order valence-electron chi connectivity index (χ4n) is 1.94. The van der Waals surface area contributed by atoms with Crippen LogP contribution in [0.1, 0.15) is 37.3 Å². The molecular formula is C13H19N. The van der Waals surface area contributed by atoms with Crippen molar-refractivity contribution < 1.29 is 0 Å². The molecule has 76 valence electrons. The van der Waals surface area contributed by atoms with Crippen molar-refractivity contribution in [1.82, 2.24) is 5.32 Å². The summed E-state index contributed by atoms with van der Waals surface area (Å²) in [4.78, 5) is 0. The maximum absolute atomic E-state index is 3.61. The van der Waals surface area contributed by atoms with E-state index in [1.54, 1.807) is 0 Å². The first-order valence-corrected chi connectivity index (χ1v) is 5.70. The first-order chi connectivity index (χ1) is 6.90. The number of aryl methyl sites for hydroxylation is 1. The van der Waals surface area contributed by atoms with Crippen molar-refractivity contribution in [2.24, 2.45) is 0 Å². The van der Waals surface area contributed by atoms with Gasteiger partial charge in [0.15, 0.2) is 0 Å². The van der Waals surface area contributed by atoms with Gasteiger partial charge in [-0.05, 0) is 30.4 Å². The molecule has 0 amide bonds. The molecule has 1 N–H and O–H groups in total. The fourth-order valence-corrected chi connectivity index (χ4v) is 1.94. The van der Waals surface area contributed by atoms with Gasteiger partial charge in [0.05, 0.1) is 0 Å². The zero-order valence-corrected chi connectivity index (χ0v) is 8.92. The van der Waals surface area contributed by atoms with Gasteiger partial charge in [-0.25, -0.2) is 0 Å². The Labute approximate surface area is 86.5 Å². The maximum atomic E-state index is 3.61. The van der Waals surface area contributed by atoms with Gasteiger partial charge in [-0.15, -0.1) is 0 Å². The molecule has 1 saturated carbocycles. The molecule has 0 atom stereocenters. The van der Waals surface area contributed by atoms with Gasteiger partial charge < -0.3 is 5.32 Å². The molecule has 0 bridgehead atoms. The van der Waals surface area contributed by atoms with Crippen molar-refractivity contribution in [1.29, 1.82) is 0 Å². The number of rotatable bonds is 4. The molecule has 1 aliphatic carbocycles. The zero-order valence-electron chi connectivity index (χ0n) is 8.92. The second-order valence-corrected chi connectivity index (χ2v) is 4.13. The van der Waals surface area contributed by atoms with Crippen molar-refractivity contribution >= 4 is 0 Å². The van der Waals surface area contributed by atoms with Crippen LogP contribution in [0.4, 0.5) is 0 Å². The highest BCUT2D eigenvalue weighted by molar-refractivity contribution is 5.26. The average Bonchev–Trinajstić information content (AvgIpc) is 2.16. The van der Waals surface area contributed by atoms with Crippen LogP contribution in [0.3, 0.4) is 0 Å². The Hall–Kier alpha value is -0.820. The minimum atomic E-state index is 0.792. The summed E-state index contributed by atoms with van der Waals surface area (Å²) in [5.41, 5.74) is 2.96. The Bertz CT molecular complexity index is 289. The minimum absolute atomic E-state index is 0.792. The third-order valence-corrected chi connectivity index (χ3v) is 3.19. The lowest BCUT2D eigenvalue weighted by Gasteiger charge is -2.27. The molecule has 1 fully saturated rings. The fraction of sp³-hybridized carbons (Fsp3) is 0.538. The van der Waals surface area contributed by atoms with E-state index in [2.05, 4.69) is 36.5 Å². The number of hydrogen-bond donors (Lipinski definition) is 1. The van der Waals surface area contributed by atoms with E-state index in [-0.39, 0.29) is 0 Å². The predicted octanol–water partition coefficient (Wildman–Crippen LogP) is 2.89. The summed E-state index contributed by atoms with van der Waals surface area (Å²) in [6.07, 6.45) is 5.29. The highest BCUT2D eigenvalue weighted by Gasteiger charge is 2.16. The van der Waals surface area contributed by atoms with Crippen molar-refractivity contribution in [3.63, 3.8) is 0 Å². The lowest BCUT2D eigenvalue weighted by Crippen LogP contribution is -2.34. The Morgan fingerprint density at radius 1 is 1.21 bits per heavy atom. The van der Waals surface area contributed by atoms with Crippen molar-refractivity contribution in [3.8, 4) is 0 Å². The molecule has 0 heterocycles. The van der Waals surface area contributed by atoms with E-state index in [1.165, 1.54) is 30.4 Å². The number of benzene rings is 1. The summed E-state index contributed by atoms with van der Waals surface area (Å²) in [6.45, 7) is 3.27. The first-order valence-electron chi connectivity index (χ1n) is 5.70. The first kappa shape index (κ1) is 9.72. The summed E-state index contributed by atoms with van der Waals surface area (Å²) in [5, 5.41) is 3.61. The highest BCUT2D eigenvalue weighted by atomic mass is 14.9. The predicted molar refractivity (Wildman–Crippen MR) is 60.3 cm³/mol. The Balaban J connectivity index is 1.93.